The maximum absolute atomic E-state index is 12.1. The van der Waals surface area contributed by atoms with Gasteiger partial charge < -0.3 is 10.1 Å². The Morgan fingerprint density at radius 2 is 2.06 bits per heavy atom. The molecule has 0 saturated carbocycles. The van der Waals surface area contributed by atoms with Crippen molar-refractivity contribution in [2.45, 2.75) is 6.10 Å². The molecule has 2 rings (SSSR count). The second-order valence-corrected chi connectivity index (χ2v) is 3.89. The van der Waals surface area contributed by atoms with E-state index in [1.54, 1.807) is 24.0 Å². The van der Waals surface area contributed by atoms with Crippen LogP contribution in [0.15, 0.2) is 42.6 Å². The summed E-state index contributed by atoms with van der Waals surface area (Å²) in [6.07, 6.45) is 1.13. The average molecular weight is 245 g/mol. The highest BCUT2D eigenvalue weighted by atomic mass is 16.5. The standard InChI is InChI=1S/C13H15N3O2/c1-16-9-8-11(15-16)14-13(17)12(18-2)10-6-4-3-5-7-10/h3-9,12H,1-2H3,(H,14,15,17). The van der Waals surface area contributed by atoms with E-state index in [1.165, 1.54) is 7.11 Å². The number of aryl methyl sites for hydroxylation is 1. The minimum atomic E-state index is -0.631. The molecule has 0 radical (unpaired) electrons. The van der Waals surface area contributed by atoms with Gasteiger partial charge in [0.15, 0.2) is 11.9 Å². The molecule has 1 aromatic heterocycles. The Bertz CT molecular complexity index is 522. The second-order valence-electron chi connectivity index (χ2n) is 3.89. The molecule has 5 heteroatoms. The highest BCUT2D eigenvalue weighted by molar-refractivity contribution is 5.94. The first-order valence-electron chi connectivity index (χ1n) is 5.59. The molecule has 0 spiro atoms. The SMILES string of the molecule is COC(C(=O)Nc1ccn(C)n1)c1ccccc1. The van der Waals surface area contributed by atoms with Crippen LogP contribution in [-0.4, -0.2) is 22.8 Å². The molecule has 0 aliphatic carbocycles. The minimum Gasteiger partial charge on any atom is -0.367 e. The first kappa shape index (κ1) is 12.3. The van der Waals surface area contributed by atoms with E-state index in [1.807, 2.05) is 30.3 Å². The van der Waals surface area contributed by atoms with Crippen LogP contribution in [0.25, 0.3) is 0 Å². The molecule has 5 nitrogen and oxygen atoms in total. The number of hydrogen-bond acceptors (Lipinski definition) is 3. The third-order valence-corrected chi connectivity index (χ3v) is 2.54. The molecule has 0 aliphatic heterocycles. The summed E-state index contributed by atoms with van der Waals surface area (Å²) in [5.41, 5.74) is 0.813. The molecule has 0 aliphatic rings. The molecule has 1 amide bonds. The lowest BCUT2D eigenvalue weighted by Gasteiger charge is -2.14. The maximum Gasteiger partial charge on any atom is 0.259 e. The number of nitrogens with zero attached hydrogens (tertiary/aromatic N) is 2. The molecule has 1 atom stereocenters. The van der Waals surface area contributed by atoms with E-state index in [4.69, 9.17) is 4.74 Å². The smallest absolute Gasteiger partial charge is 0.259 e. The summed E-state index contributed by atoms with van der Waals surface area (Å²) in [5.74, 6) is 0.280. The Kier molecular flexibility index (Phi) is 3.74. The Labute approximate surface area is 105 Å². The Hall–Kier alpha value is -2.14. The zero-order valence-corrected chi connectivity index (χ0v) is 10.3. The van der Waals surface area contributed by atoms with Crippen LogP contribution in [-0.2, 0) is 16.6 Å². The summed E-state index contributed by atoms with van der Waals surface area (Å²) in [4.78, 5) is 12.1. The van der Waals surface area contributed by atoms with Gasteiger partial charge in [0.05, 0.1) is 0 Å². The maximum atomic E-state index is 12.1. The van der Waals surface area contributed by atoms with Gasteiger partial charge in [0.25, 0.3) is 5.91 Å². The third-order valence-electron chi connectivity index (χ3n) is 2.54. The number of amides is 1. The third kappa shape index (κ3) is 2.75. The normalized spacial score (nSPS) is 12.1. The van der Waals surface area contributed by atoms with Gasteiger partial charge in [-0.25, -0.2) is 0 Å². The summed E-state index contributed by atoms with van der Waals surface area (Å²) in [6, 6.07) is 11.1. The van der Waals surface area contributed by atoms with Gasteiger partial charge >= 0.3 is 0 Å². The van der Waals surface area contributed by atoms with Gasteiger partial charge in [-0.15, -0.1) is 0 Å². The van der Waals surface area contributed by atoms with Crippen molar-refractivity contribution in [2.24, 2.45) is 7.05 Å². The van der Waals surface area contributed by atoms with E-state index < -0.39 is 6.10 Å². The first-order chi connectivity index (χ1) is 8.70. The highest BCUT2D eigenvalue weighted by Gasteiger charge is 2.20. The number of methoxy groups -OCH3 is 1. The van der Waals surface area contributed by atoms with Crippen molar-refractivity contribution in [1.82, 2.24) is 9.78 Å². The summed E-state index contributed by atoms with van der Waals surface area (Å²) < 4.78 is 6.86. The number of rotatable bonds is 4. The van der Waals surface area contributed by atoms with E-state index in [0.29, 0.717) is 5.82 Å². The Morgan fingerprint density at radius 1 is 1.33 bits per heavy atom. The van der Waals surface area contributed by atoms with Gasteiger partial charge in [0, 0.05) is 26.4 Å². The molecule has 1 heterocycles. The molecule has 0 saturated heterocycles. The molecule has 1 aromatic carbocycles. The number of benzene rings is 1. The summed E-state index contributed by atoms with van der Waals surface area (Å²) in [5, 5.41) is 6.81. The zero-order valence-electron chi connectivity index (χ0n) is 10.3. The molecular weight excluding hydrogens is 230 g/mol. The molecule has 1 unspecified atom stereocenters. The average Bonchev–Trinajstić information content (AvgIpc) is 2.77. The number of carbonyl (C=O) groups is 1. The summed E-state index contributed by atoms with van der Waals surface area (Å²) in [6.45, 7) is 0. The van der Waals surface area contributed by atoms with Gasteiger partial charge in [-0.3, -0.25) is 9.48 Å². The lowest BCUT2D eigenvalue weighted by Crippen LogP contribution is -2.22. The molecule has 94 valence electrons. The summed E-state index contributed by atoms with van der Waals surface area (Å²) >= 11 is 0. The largest absolute Gasteiger partial charge is 0.367 e. The monoisotopic (exact) mass is 245 g/mol. The van der Waals surface area contributed by atoms with Crippen molar-refractivity contribution in [3.63, 3.8) is 0 Å². The molecule has 1 N–H and O–H groups in total. The first-order valence-corrected chi connectivity index (χ1v) is 5.59. The summed E-state index contributed by atoms with van der Waals surface area (Å²) in [7, 11) is 3.30. The molecule has 18 heavy (non-hydrogen) atoms. The molecular formula is C13H15N3O2. The highest BCUT2D eigenvalue weighted by Crippen LogP contribution is 2.18. The van der Waals surface area contributed by atoms with E-state index in [0.717, 1.165) is 5.56 Å². The van der Waals surface area contributed by atoms with Crippen molar-refractivity contribution in [2.75, 3.05) is 12.4 Å². The molecule has 0 fully saturated rings. The van der Waals surface area contributed by atoms with Crippen LogP contribution < -0.4 is 5.32 Å². The van der Waals surface area contributed by atoms with Gasteiger partial charge in [-0.1, -0.05) is 30.3 Å². The van der Waals surface area contributed by atoms with Crippen LogP contribution in [0.5, 0.6) is 0 Å². The lowest BCUT2D eigenvalue weighted by molar-refractivity contribution is -0.126. The zero-order chi connectivity index (χ0) is 13.0. The van der Waals surface area contributed by atoms with Gasteiger partial charge in [-0.05, 0) is 5.56 Å². The van der Waals surface area contributed by atoms with E-state index in [9.17, 15) is 4.79 Å². The van der Waals surface area contributed by atoms with Crippen LogP contribution in [0.3, 0.4) is 0 Å². The van der Waals surface area contributed by atoms with Crippen molar-refractivity contribution >= 4 is 11.7 Å². The molecule has 2 aromatic rings. The molecule has 0 bridgehead atoms. The topological polar surface area (TPSA) is 56.1 Å². The second kappa shape index (κ2) is 5.46. The van der Waals surface area contributed by atoms with Crippen molar-refractivity contribution in [1.29, 1.82) is 0 Å². The van der Waals surface area contributed by atoms with Crippen LogP contribution in [0.2, 0.25) is 0 Å². The lowest BCUT2D eigenvalue weighted by atomic mass is 10.1. The predicted octanol–water partition coefficient (Wildman–Crippen LogP) is 1.75. The number of ether oxygens (including phenoxy) is 1. The van der Waals surface area contributed by atoms with Crippen LogP contribution in [0.4, 0.5) is 5.82 Å². The van der Waals surface area contributed by atoms with Crippen molar-refractivity contribution < 1.29 is 9.53 Å². The number of anilines is 1. The van der Waals surface area contributed by atoms with Crippen LogP contribution >= 0.6 is 0 Å². The van der Waals surface area contributed by atoms with Gasteiger partial charge in [-0.2, -0.15) is 5.10 Å². The van der Waals surface area contributed by atoms with Crippen LogP contribution in [0.1, 0.15) is 11.7 Å². The number of carbonyl (C=O) groups excluding carboxylic acids is 1. The van der Waals surface area contributed by atoms with E-state index >= 15 is 0 Å². The van der Waals surface area contributed by atoms with E-state index in [2.05, 4.69) is 10.4 Å². The van der Waals surface area contributed by atoms with Gasteiger partial charge in [0.2, 0.25) is 0 Å². The van der Waals surface area contributed by atoms with Gasteiger partial charge in [0.1, 0.15) is 0 Å². The fourth-order valence-electron chi connectivity index (χ4n) is 1.70. The quantitative estimate of drug-likeness (QED) is 0.892. The number of hydrogen-bond donors (Lipinski definition) is 1. The Morgan fingerprint density at radius 3 is 2.61 bits per heavy atom. The fourth-order valence-corrected chi connectivity index (χ4v) is 1.70. The fraction of sp³-hybridized carbons (Fsp3) is 0.231. The number of nitrogens with one attached hydrogen (secondary N) is 1. The number of aromatic nitrogens is 2. The van der Waals surface area contributed by atoms with E-state index in [-0.39, 0.29) is 5.91 Å². The van der Waals surface area contributed by atoms with Crippen molar-refractivity contribution in [3.05, 3.63) is 48.2 Å². The Balaban J connectivity index is 2.11. The minimum absolute atomic E-state index is 0.234. The van der Waals surface area contributed by atoms with Crippen LogP contribution in [0, 0.1) is 0 Å². The predicted molar refractivity (Wildman–Crippen MR) is 68.0 cm³/mol. The van der Waals surface area contributed by atoms with Crippen molar-refractivity contribution in [3.8, 4) is 0 Å².